The van der Waals surface area contributed by atoms with Crippen molar-refractivity contribution in [3.8, 4) is 0 Å². The molecule has 1 aromatic heterocycles. The second kappa shape index (κ2) is 3.84. The molecule has 16 heavy (non-hydrogen) atoms. The summed E-state index contributed by atoms with van der Waals surface area (Å²) in [6.45, 7) is 0.374. The summed E-state index contributed by atoms with van der Waals surface area (Å²) in [6, 6.07) is 1.55. The normalized spacial score (nSPS) is 19.1. The number of hydrogen-bond acceptors (Lipinski definition) is 5. The van der Waals surface area contributed by atoms with Crippen LogP contribution < -0.4 is 5.32 Å². The van der Waals surface area contributed by atoms with Crippen molar-refractivity contribution in [2.45, 2.75) is 6.10 Å². The van der Waals surface area contributed by atoms with Crippen molar-refractivity contribution in [1.29, 1.82) is 0 Å². The van der Waals surface area contributed by atoms with E-state index >= 15 is 0 Å². The number of methoxy groups -OCH3 is 1. The maximum Gasteiger partial charge on any atom is 0.408 e. The molecule has 0 radical (unpaired) electrons. The lowest BCUT2D eigenvalue weighted by molar-refractivity contribution is 0.0593. The fourth-order valence-electron chi connectivity index (χ4n) is 1.54. The SMILES string of the molecule is COC(=O)c1cc(C2CNC(=O)O2)n(C)n1. The summed E-state index contributed by atoms with van der Waals surface area (Å²) in [5.41, 5.74) is 0.849. The predicted octanol–water partition coefficient (Wildman–Crippen LogP) is -0.0124. The number of rotatable bonds is 2. The number of esters is 1. The average molecular weight is 225 g/mol. The zero-order valence-electron chi connectivity index (χ0n) is 8.89. The van der Waals surface area contributed by atoms with Gasteiger partial charge in [0, 0.05) is 7.05 Å². The fourth-order valence-corrected chi connectivity index (χ4v) is 1.54. The molecule has 1 amide bonds. The Balaban J connectivity index is 2.25. The van der Waals surface area contributed by atoms with Gasteiger partial charge in [-0.2, -0.15) is 5.10 Å². The first-order chi connectivity index (χ1) is 7.61. The largest absolute Gasteiger partial charge is 0.464 e. The summed E-state index contributed by atoms with van der Waals surface area (Å²) < 4.78 is 11.0. The molecular weight excluding hydrogens is 214 g/mol. The number of nitrogens with one attached hydrogen (secondary N) is 1. The number of aromatic nitrogens is 2. The molecule has 2 heterocycles. The van der Waals surface area contributed by atoms with E-state index in [-0.39, 0.29) is 5.69 Å². The molecule has 2 rings (SSSR count). The van der Waals surface area contributed by atoms with Crippen LogP contribution >= 0.6 is 0 Å². The second-order valence-corrected chi connectivity index (χ2v) is 3.34. The molecular formula is C9H11N3O4. The molecule has 86 valence electrons. The van der Waals surface area contributed by atoms with E-state index in [9.17, 15) is 9.59 Å². The molecule has 1 fully saturated rings. The smallest absolute Gasteiger partial charge is 0.408 e. The van der Waals surface area contributed by atoms with E-state index in [0.29, 0.717) is 12.2 Å². The lowest BCUT2D eigenvalue weighted by Crippen LogP contribution is -2.13. The van der Waals surface area contributed by atoms with E-state index in [4.69, 9.17) is 4.74 Å². The Morgan fingerprint density at radius 1 is 1.75 bits per heavy atom. The molecule has 0 aromatic carbocycles. The van der Waals surface area contributed by atoms with Crippen molar-refractivity contribution in [2.75, 3.05) is 13.7 Å². The van der Waals surface area contributed by atoms with Gasteiger partial charge >= 0.3 is 12.1 Å². The molecule has 1 N–H and O–H groups in total. The summed E-state index contributed by atoms with van der Waals surface area (Å²) in [7, 11) is 2.96. The van der Waals surface area contributed by atoms with Crippen molar-refractivity contribution in [1.82, 2.24) is 15.1 Å². The van der Waals surface area contributed by atoms with Gasteiger partial charge in [0.05, 0.1) is 19.3 Å². The molecule has 0 bridgehead atoms. The van der Waals surface area contributed by atoms with Crippen molar-refractivity contribution in [3.63, 3.8) is 0 Å². The van der Waals surface area contributed by atoms with E-state index in [1.807, 2.05) is 0 Å². The minimum absolute atomic E-state index is 0.197. The Bertz CT molecular complexity index is 440. The first-order valence-electron chi connectivity index (χ1n) is 4.68. The van der Waals surface area contributed by atoms with Crippen LogP contribution in [0.2, 0.25) is 0 Å². The topological polar surface area (TPSA) is 82.5 Å². The fraction of sp³-hybridized carbons (Fsp3) is 0.444. The molecule has 1 aliphatic rings. The van der Waals surface area contributed by atoms with Gasteiger partial charge in [-0.15, -0.1) is 0 Å². The van der Waals surface area contributed by atoms with Gasteiger partial charge in [0.2, 0.25) is 0 Å². The van der Waals surface area contributed by atoms with Crippen LogP contribution in [0.3, 0.4) is 0 Å². The van der Waals surface area contributed by atoms with Crippen molar-refractivity contribution in [2.24, 2.45) is 7.05 Å². The van der Waals surface area contributed by atoms with E-state index in [0.717, 1.165) is 0 Å². The van der Waals surface area contributed by atoms with Gasteiger partial charge in [-0.3, -0.25) is 4.68 Å². The van der Waals surface area contributed by atoms with E-state index < -0.39 is 18.2 Å². The number of nitrogens with zero attached hydrogens (tertiary/aromatic N) is 2. The predicted molar refractivity (Wildman–Crippen MR) is 51.8 cm³/mol. The average Bonchev–Trinajstić information content (AvgIpc) is 2.83. The lowest BCUT2D eigenvalue weighted by Gasteiger charge is -2.06. The number of ether oxygens (including phenoxy) is 2. The first kappa shape index (κ1) is 10.5. The molecule has 1 atom stereocenters. The van der Waals surface area contributed by atoms with Crippen molar-refractivity contribution >= 4 is 12.1 Å². The summed E-state index contributed by atoms with van der Waals surface area (Å²) in [5, 5.41) is 6.50. The molecule has 7 nitrogen and oxygen atoms in total. The van der Waals surface area contributed by atoms with Crippen LogP contribution in [0.25, 0.3) is 0 Å². The quantitative estimate of drug-likeness (QED) is 0.715. The van der Waals surface area contributed by atoms with Gasteiger partial charge in [-0.05, 0) is 6.07 Å². The van der Waals surface area contributed by atoms with E-state index in [1.165, 1.54) is 11.8 Å². The number of alkyl carbamates (subject to hydrolysis) is 1. The Morgan fingerprint density at radius 2 is 2.50 bits per heavy atom. The number of carbonyl (C=O) groups excluding carboxylic acids is 2. The minimum Gasteiger partial charge on any atom is -0.464 e. The highest BCUT2D eigenvalue weighted by Gasteiger charge is 2.28. The van der Waals surface area contributed by atoms with Crippen LogP contribution in [-0.2, 0) is 16.5 Å². The monoisotopic (exact) mass is 225 g/mol. The van der Waals surface area contributed by atoms with Gasteiger partial charge in [0.1, 0.15) is 0 Å². The zero-order chi connectivity index (χ0) is 11.7. The third kappa shape index (κ3) is 1.71. The molecule has 1 saturated heterocycles. The second-order valence-electron chi connectivity index (χ2n) is 3.34. The molecule has 1 unspecified atom stereocenters. The number of aryl methyl sites for hydroxylation is 1. The standard InChI is InChI=1S/C9H11N3O4/c1-12-6(7-4-10-9(14)16-7)3-5(11-12)8(13)15-2/h3,7H,4H2,1-2H3,(H,10,14). The summed E-state index contributed by atoms with van der Waals surface area (Å²) in [4.78, 5) is 22.1. The van der Waals surface area contributed by atoms with E-state index in [2.05, 4.69) is 15.2 Å². The summed E-state index contributed by atoms with van der Waals surface area (Å²) >= 11 is 0. The highest BCUT2D eigenvalue weighted by Crippen LogP contribution is 2.21. The zero-order valence-corrected chi connectivity index (χ0v) is 8.89. The number of amides is 1. The maximum absolute atomic E-state index is 11.2. The van der Waals surface area contributed by atoms with Crippen LogP contribution in [-0.4, -0.2) is 35.5 Å². The van der Waals surface area contributed by atoms with Crippen LogP contribution in [0.4, 0.5) is 4.79 Å². The van der Waals surface area contributed by atoms with Crippen LogP contribution in [0.1, 0.15) is 22.3 Å². The molecule has 1 aliphatic heterocycles. The maximum atomic E-state index is 11.2. The van der Waals surface area contributed by atoms with Crippen LogP contribution in [0, 0.1) is 0 Å². The Morgan fingerprint density at radius 3 is 3.06 bits per heavy atom. The first-order valence-corrected chi connectivity index (χ1v) is 4.68. The van der Waals surface area contributed by atoms with E-state index in [1.54, 1.807) is 13.1 Å². The van der Waals surface area contributed by atoms with Gasteiger partial charge in [-0.1, -0.05) is 0 Å². The Hall–Kier alpha value is -2.05. The van der Waals surface area contributed by atoms with Gasteiger partial charge in [0.25, 0.3) is 0 Å². The molecule has 7 heteroatoms. The lowest BCUT2D eigenvalue weighted by atomic mass is 10.2. The number of cyclic esters (lactones) is 1. The molecule has 0 spiro atoms. The van der Waals surface area contributed by atoms with Crippen molar-refractivity contribution in [3.05, 3.63) is 17.5 Å². The third-order valence-electron chi connectivity index (χ3n) is 2.32. The highest BCUT2D eigenvalue weighted by atomic mass is 16.6. The molecule has 0 aliphatic carbocycles. The summed E-state index contributed by atoms with van der Waals surface area (Å²) in [6.07, 6.45) is -0.880. The highest BCUT2D eigenvalue weighted by molar-refractivity contribution is 5.87. The van der Waals surface area contributed by atoms with Gasteiger partial charge in [-0.25, -0.2) is 9.59 Å². The Labute approximate surface area is 91.3 Å². The molecule has 0 saturated carbocycles. The summed E-state index contributed by atoms with van der Waals surface area (Å²) in [5.74, 6) is -0.515. The van der Waals surface area contributed by atoms with Gasteiger partial charge in [0.15, 0.2) is 11.8 Å². The van der Waals surface area contributed by atoms with Gasteiger partial charge < -0.3 is 14.8 Å². The van der Waals surface area contributed by atoms with Crippen LogP contribution in [0.5, 0.6) is 0 Å². The number of carbonyl (C=O) groups is 2. The Kier molecular flexibility index (Phi) is 2.51. The van der Waals surface area contributed by atoms with Crippen LogP contribution in [0.15, 0.2) is 6.07 Å². The third-order valence-corrected chi connectivity index (χ3v) is 2.32. The number of hydrogen-bond donors (Lipinski definition) is 1. The van der Waals surface area contributed by atoms with Crippen molar-refractivity contribution < 1.29 is 19.1 Å². The minimum atomic E-state index is -0.515. The molecule has 1 aromatic rings.